The summed E-state index contributed by atoms with van der Waals surface area (Å²) in [6.45, 7) is -0.00427. The Labute approximate surface area is 205 Å². The Morgan fingerprint density at radius 1 is 0.970 bits per heavy atom. The van der Waals surface area contributed by atoms with Gasteiger partial charge in [0, 0.05) is 37.5 Å². The zero-order valence-corrected chi connectivity index (χ0v) is 20.5. The normalized spacial score (nSPS) is 11.5. The van der Waals surface area contributed by atoms with Crippen molar-refractivity contribution >= 4 is 44.6 Å². The molecule has 0 saturated carbocycles. The Morgan fingerprint density at radius 3 is 2.36 bits per heavy atom. The Balaban J connectivity index is 1.72. The molecule has 0 saturated heterocycles. The first-order valence-electron chi connectivity index (χ1n) is 9.75. The molecule has 1 aromatic heterocycles. The van der Waals surface area contributed by atoms with Gasteiger partial charge in [-0.1, -0.05) is 41.4 Å². The van der Waals surface area contributed by atoms with Crippen molar-refractivity contribution in [2.75, 3.05) is 7.11 Å². The molecule has 0 atom stereocenters. The molecule has 33 heavy (non-hydrogen) atoms. The first kappa shape index (κ1) is 23.7. The van der Waals surface area contributed by atoms with Gasteiger partial charge in [0.05, 0.1) is 7.11 Å². The van der Waals surface area contributed by atoms with Crippen molar-refractivity contribution in [3.05, 3.63) is 93.5 Å². The molecule has 0 bridgehead atoms. The lowest BCUT2D eigenvalue weighted by molar-refractivity contribution is 0.415. The Hall–Kier alpha value is -2.42. The summed E-state index contributed by atoms with van der Waals surface area (Å²) in [6.07, 6.45) is 0. The molecule has 0 spiro atoms. The van der Waals surface area contributed by atoms with E-state index in [9.17, 15) is 12.8 Å². The van der Waals surface area contributed by atoms with Crippen molar-refractivity contribution in [2.45, 2.75) is 11.4 Å². The van der Waals surface area contributed by atoms with E-state index in [1.807, 2.05) is 36.4 Å². The van der Waals surface area contributed by atoms with Crippen LogP contribution in [0.3, 0.4) is 0 Å². The van der Waals surface area contributed by atoms with Gasteiger partial charge < -0.3 is 4.74 Å². The van der Waals surface area contributed by atoms with Crippen molar-refractivity contribution < 1.29 is 17.5 Å². The van der Waals surface area contributed by atoms with E-state index in [2.05, 4.69) is 4.72 Å². The number of ether oxygens (including phenoxy) is 1. The van der Waals surface area contributed by atoms with E-state index in [1.54, 1.807) is 19.2 Å². The van der Waals surface area contributed by atoms with E-state index < -0.39 is 20.7 Å². The van der Waals surface area contributed by atoms with Crippen molar-refractivity contribution in [1.82, 2.24) is 4.72 Å². The molecule has 9 heteroatoms. The second kappa shape index (κ2) is 9.83. The number of thiophene rings is 1. The fraction of sp³-hybridized carbons (Fsp3) is 0.0833. The topological polar surface area (TPSA) is 55.4 Å². The third-order valence-electron chi connectivity index (χ3n) is 4.92. The number of rotatable bonds is 7. The standard InChI is InChI=1S/C24H18Cl2FNO3S2/c1-31-17-9-6-15(7-10-17)24-20(19-11-8-16(25)12-21(19)26)13-18(32-24)14-28-33(29,30)23-5-3-2-4-22(23)27/h2-13,28H,14H2,1H3. The van der Waals surface area contributed by atoms with Gasteiger partial charge in [0.25, 0.3) is 0 Å². The van der Waals surface area contributed by atoms with E-state index >= 15 is 0 Å². The van der Waals surface area contributed by atoms with E-state index in [0.717, 1.165) is 38.3 Å². The average Bonchev–Trinajstić information content (AvgIpc) is 3.22. The SMILES string of the molecule is COc1ccc(-c2sc(CNS(=O)(=O)c3ccccc3F)cc2-c2ccc(Cl)cc2Cl)cc1. The summed E-state index contributed by atoms with van der Waals surface area (Å²) in [7, 11) is -2.43. The highest BCUT2D eigenvalue weighted by Gasteiger charge is 2.20. The quantitative estimate of drug-likeness (QED) is 0.284. The van der Waals surface area contributed by atoms with Gasteiger partial charge in [-0.15, -0.1) is 11.3 Å². The Bertz CT molecular complexity index is 1400. The monoisotopic (exact) mass is 521 g/mol. The smallest absolute Gasteiger partial charge is 0.243 e. The highest BCUT2D eigenvalue weighted by molar-refractivity contribution is 7.89. The third-order valence-corrected chi connectivity index (χ3v) is 8.09. The number of methoxy groups -OCH3 is 1. The first-order valence-corrected chi connectivity index (χ1v) is 12.8. The average molecular weight is 522 g/mol. The number of halogens is 3. The molecule has 0 aliphatic carbocycles. The summed E-state index contributed by atoms with van der Waals surface area (Å²) in [5, 5.41) is 0.997. The summed E-state index contributed by atoms with van der Waals surface area (Å²) in [5.74, 6) is -0.0806. The molecule has 3 aromatic carbocycles. The van der Waals surface area contributed by atoms with Crippen molar-refractivity contribution in [3.63, 3.8) is 0 Å². The molecule has 0 unspecified atom stereocenters. The number of hydrogen-bond acceptors (Lipinski definition) is 4. The van der Waals surface area contributed by atoms with Crippen molar-refractivity contribution in [3.8, 4) is 27.3 Å². The van der Waals surface area contributed by atoms with Gasteiger partial charge in [0.1, 0.15) is 16.5 Å². The van der Waals surface area contributed by atoms with Crippen LogP contribution < -0.4 is 9.46 Å². The maximum absolute atomic E-state index is 14.0. The molecule has 0 fully saturated rings. The van der Waals surface area contributed by atoms with Crippen LogP contribution in [0.25, 0.3) is 21.6 Å². The van der Waals surface area contributed by atoms with Crippen LogP contribution in [0.1, 0.15) is 4.88 Å². The molecule has 4 aromatic rings. The van der Waals surface area contributed by atoms with Crippen molar-refractivity contribution in [1.29, 1.82) is 0 Å². The van der Waals surface area contributed by atoms with E-state index in [0.29, 0.717) is 10.0 Å². The lowest BCUT2D eigenvalue weighted by atomic mass is 10.0. The summed E-state index contributed by atoms with van der Waals surface area (Å²) >= 11 is 14.0. The van der Waals surface area contributed by atoms with Crippen LogP contribution >= 0.6 is 34.5 Å². The van der Waals surface area contributed by atoms with Gasteiger partial charge in [0.15, 0.2) is 0 Å². The minimum Gasteiger partial charge on any atom is -0.497 e. The maximum atomic E-state index is 14.0. The minimum atomic E-state index is -4.02. The summed E-state index contributed by atoms with van der Waals surface area (Å²) in [5.41, 5.74) is 2.53. The van der Waals surface area contributed by atoms with E-state index in [-0.39, 0.29) is 6.54 Å². The van der Waals surface area contributed by atoms with E-state index in [1.165, 1.54) is 29.5 Å². The second-order valence-electron chi connectivity index (χ2n) is 7.06. The largest absolute Gasteiger partial charge is 0.497 e. The summed E-state index contributed by atoms with van der Waals surface area (Å²) in [4.78, 5) is 1.25. The molecule has 170 valence electrons. The summed E-state index contributed by atoms with van der Waals surface area (Å²) in [6, 6.07) is 19.9. The number of hydrogen-bond donors (Lipinski definition) is 1. The zero-order valence-electron chi connectivity index (χ0n) is 17.3. The van der Waals surface area contributed by atoms with Gasteiger partial charge >= 0.3 is 0 Å². The molecule has 0 amide bonds. The third kappa shape index (κ3) is 5.23. The summed E-state index contributed by atoms with van der Waals surface area (Å²) < 4.78 is 47.0. The molecule has 4 nitrogen and oxygen atoms in total. The van der Waals surface area contributed by atoms with E-state index in [4.69, 9.17) is 27.9 Å². The number of benzene rings is 3. The van der Waals surface area contributed by atoms with Gasteiger partial charge in [-0.25, -0.2) is 17.5 Å². The molecular weight excluding hydrogens is 504 g/mol. The fourth-order valence-corrected chi connectivity index (χ4v) is 6.10. The van der Waals surface area contributed by atoms with Crippen LogP contribution in [0, 0.1) is 5.82 Å². The number of sulfonamides is 1. The maximum Gasteiger partial charge on any atom is 0.243 e. The predicted octanol–water partition coefficient (Wildman–Crippen LogP) is 7.02. The highest BCUT2D eigenvalue weighted by atomic mass is 35.5. The molecule has 4 rings (SSSR count). The predicted molar refractivity (Wildman–Crippen MR) is 132 cm³/mol. The fourth-order valence-electron chi connectivity index (χ4n) is 3.30. The van der Waals surface area contributed by atoms with Crippen LogP contribution in [-0.2, 0) is 16.6 Å². The molecular formula is C24H18Cl2FNO3S2. The first-order chi connectivity index (χ1) is 15.8. The van der Waals surface area contributed by atoms with Gasteiger partial charge in [-0.3, -0.25) is 0 Å². The highest BCUT2D eigenvalue weighted by Crippen LogP contribution is 2.43. The van der Waals surface area contributed by atoms with Crippen LogP contribution in [0.2, 0.25) is 10.0 Å². The lowest BCUT2D eigenvalue weighted by Gasteiger charge is -2.08. The van der Waals surface area contributed by atoms with Crippen LogP contribution in [0.4, 0.5) is 4.39 Å². The molecule has 1 N–H and O–H groups in total. The van der Waals surface area contributed by atoms with Gasteiger partial charge in [-0.2, -0.15) is 0 Å². The van der Waals surface area contributed by atoms with Crippen LogP contribution in [0.15, 0.2) is 77.7 Å². The lowest BCUT2D eigenvalue weighted by Crippen LogP contribution is -2.23. The molecule has 0 aliphatic heterocycles. The molecule has 1 heterocycles. The van der Waals surface area contributed by atoms with Gasteiger partial charge in [-0.05, 0) is 60.2 Å². The van der Waals surface area contributed by atoms with Gasteiger partial charge in [0.2, 0.25) is 10.0 Å². The minimum absolute atomic E-state index is 0.00427. The molecule has 0 aliphatic rings. The van der Waals surface area contributed by atoms with Crippen molar-refractivity contribution in [2.24, 2.45) is 0 Å². The second-order valence-corrected chi connectivity index (χ2v) is 10.8. The molecule has 0 radical (unpaired) electrons. The number of nitrogens with one attached hydrogen (secondary N) is 1. The van der Waals surface area contributed by atoms with Crippen LogP contribution in [0.5, 0.6) is 5.75 Å². The Morgan fingerprint density at radius 2 is 1.70 bits per heavy atom. The zero-order chi connectivity index (χ0) is 23.6. The Kier molecular flexibility index (Phi) is 7.07. The van der Waals surface area contributed by atoms with Crippen LogP contribution in [-0.4, -0.2) is 15.5 Å².